The topological polar surface area (TPSA) is 63.3 Å². The number of benzene rings is 3. The average Bonchev–Trinajstić information content (AvgIpc) is 2.56. The van der Waals surface area contributed by atoms with Crippen molar-refractivity contribution in [3.63, 3.8) is 0 Å². The first kappa shape index (κ1) is 14.3. The Hall–Kier alpha value is -2.65. The molecule has 3 aromatic carbocycles. The van der Waals surface area contributed by atoms with Gasteiger partial charge in [0, 0.05) is 5.92 Å². The Morgan fingerprint density at radius 3 is 2.23 bits per heavy atom. The molecule has 0 spiro atoms. The van der Waals surface area contributed by atoms with Crippen LogP contribution in [-0.2, 0) is 4.79 Å². The minimum atomic E-state index is -0.998. The highest BCUT2D eigenvalue weighted by Gasteiger charge is 2.28. The Balaban J connectivity index is 2.23. The molecule has 2 unspecified atom stereocenters. The summed E-state index contributed by atoms with van der Waals surface area (Å²) < 4.78 is 0. The van der Waals surface area contributed by atoms with Gasteiger partial charge in [-0.1, -0.05) is 72.8 Å². The summed E-state index contributed by atoms with van der Waals surface area (Å²) in [6, 6.07) is 22.5. The van der Waals surface area contributed by atoms with Crippen molar-refractivity contribution in [3.8, 4) is 0 Å². The van der Waals surface area contributed by atoms with Gasteiger partial charge >= 0.3 is 5.97 Å². The second-order valence-electron chi connectivity index (χ2n) is 5.32. The second kappa shape index (κ2) is 6.00. The van der Waals surface area contributed by atoms with Gasteiger partial charge in [0.2, 0.25) is 0 Å². The zero-order chi connectivity index (χ0) is 15.5. The van der Waals surface area contributed by atoms with Crippen LogP contribution in [0.5, 0.6) is 0 Å². The molecule has 0 saturated carbocycles. The van der Waals surface area contributed by atoms with E-state index in [4.69, 9.17) is 5.73 Å². The van der Waals surface area contributed by atoms with E-state index in [1.54, 1.807) is 0 Å². The van der Waals surface area contributed by atoms with Crippen molar-refractivity contribution in [3.05, 3.63) is 83.9 Å². The Kier molecular flexibility index (Phi) is 3.90. The Morgan fingerprint density at radius 1 is 0.864 bits per heavy atom. The highest BCUT2D eigenvalue weighted by Crippen LogP contribution is 2.32. The molecule has 0 bridgehead atoms. The number of carbonyl (C=O) groups is 1. The number of nitrogens with two attached hydrogens (primary N) is 1. The summed E-state index contributed by atoms with van der Waals surface area (Å²) in [7, 11) is 0. The average molecular weight is 291 g/mol. The minimum absolute atomic E-state index is 0.384. The number of carboxylic acids is 1. The first-order valence-electron chi connectivity index (χ1n) is 7.19. The fourth-order valence-electron chi connectivity index (χ4n) is 2.90. The quantitative estimate of drug-likeness (QED) is 0.774. The molecule has 0 saturated heterocycles. The molecule has 3 heteroatoms. The normalized spacial score (nSPS) is 13.7. The zero-order valence-electron chi connectivity index (χ0n) is 12.0. The summed E-state index contributed by atoms with van der Waals surface area (Å²) in [4.78, 5) is 11.5. The van der Waals surface area contributed by atoms with Crippen molar-refractivity contribution in [1.82, 2.24) is 0 Å². The minimum Gasteiger partial charge on any atom is -0.480 e. The molecule has 3 rings (SSSR count). The molecule has 3 N–H and O–H groups in total. The lowest BCUT2D eigenvalue weighted by molar-refractivity contribution is -0.138. The monoisotopic (exact) mass is 291 g/mol. The van der Waals surface area contributed by atoms with Gasteiger partial charge in [-0.2, -0.15) is 0 Å². The van der Waals surface area contributed by atoms with Crippen LogP contribution >= 0.6 is 0 Å². The van der Waals surface area contributed by atoms with E-state index in [1.165, 1.54) is 0 Å². The number of carboxylic acid groups (broad SMARTS) is 1. The molecule has 3 aromatic rings. The third-order valence-electron chi connectivity index (χ3n) is 3.96. The first-order chi connectivity index (χ1) is 10.7. The van der Waals surface area contributed by atoms with Gasteiger partial charge < -0.3 is 10.8 Å². The maximum Gasteiger partial charge on any atom is 0.321 e. The van der Waals surface area contributed by atoms with Crippen LogP contribution in [0.1, 0.15) is 17.0 Å². The summed E-state index contributed by atoms with van der Waals surface area (Å²) in [5.74, 6) is -1.38. The van der Waals surface area contributed by atoms with Crippen molar-refractivity contribution in [2.24, 2.45) is 5.73 Å². The highest BCUT2D eigenvalue weighted by atomic mass is 16.4. The summed E-state index contributed by atoms with van der Waals surface area (Å²) in [6.07, 6.45) is 0. The summed E-state index contributed by atoms with van der Waals surface area (Å²) in [5.41, 5.74) is 7.87. The third kappa shape index (κ3) is 2.59. The van der Waals surface area contributed by atoms with Crippen LogP contribution in [-0.4, -0.2) is 17.1 Å². The van der Waals surface area contributed by atoms with Gasteiger partial charge in [-0.3, -0.25) is 4.79 Å². The van der Waals surface area contributed by atoms with Crippen LogP contribution in [0, 0.1) is 0 Å². The molecule has 110 valence electrons. The zero-order valence-corrected chi connectivity index (χ0v) is 12.0. The van der Waals surface area contributed by atoms with Crippen LogP contribution in [0.15, 0.2) is 72.8 Å². The van der Waals surface area contributed by atoms with E-state index in [0.717, 1.165) is 21.9 Å². The Labute approximate surface area is 129 Å². The van der Waals surface area contributed by atoms with Gasteiger partial charge in [0.05, 0.1) is 0 Å². The SMILES string of the molecule is NC(C(=O)O)C(c1ccccc1)c1cccc2ccccc12. The predicted octanol–water partition coefficient (Wildman–Crippen LogP) is 3.38. The maximum atomic E-state index is 11.5. The second-order valence-corrected chi connectivity index (χ2v) is 5.32. The fourth-order valence-corrected chi connectivity index (χ4v) is 2.90. The Morgan fingerprint density at radius 2 is 1.50 bits per heavy atom. The highest BCUT2D eigenvalue weighted by molar-refractivity contribution is 5.88. The van der Waals surface area contributed by atoms with E-state index < -0.39 is 12.0 Å². The van der Waals surface area contributed by atoms with Gasteiger partial charge in [-0.05, 0) is 21.9 Å². The van der Waals surface area contributed by atoms with E-state index in [9.17, 15) is 9.90 Å². The molecule has 22 heavy (non-hydrogen) atoms. The summed E-state index contributed by atoms with van der Waals surface area (Å²) >= 11 is 0. The van der Waals surface area contributed by atoms with Gasteiger partial charge in [-0.15, -0.1) is 0 Å². The predicted molar refractivity (Wildman–Crippen MR) is 87.8 cm³/mol. The van der Waals surface area contributed by atoms with Crippen molar-refractivity contribution >= 4 is 16.7 Å². The number of hydrogen-bond donors (Lipinski definition) is 2. The van der Waals surface area contributed by atoms with Crippen LogP contribution in [0.4, 0.5) is 0 Å². The molecule has 0 aliphatic heterocycles. The lowest BCUT2D eigenvalue weighted by atomic mass is 9.83. The molecule has 0 fully saturated rings. The first-order valence-corrected chi connectivity index (χ1v) is 7.19. The van der Waals surface area contributed by atoms with Crippen LogP contribution < -0.4 is 5.73 Å². The fraction of sp³-hybridized carbons (Fsp3) is 0.105. The van der Waals surface area contributed by atoms with Gasteiger partial charge in [0.1, 0.15) is 6.04 Å². The molecule has 0 heterocycles. The maximum absolute atomic E-state index is 11.5. The number of hydrogen-bond acceptors (Lipinski definition) is 2. The number of aliphatic carboxylic acids is 1. The van der Waals surface area contributed by atoms with Crippen molar-refractivity contribution in [2.75, 3.05) is 0 Å². The molecular formula is C19H17NO2. The molecule has 0 radical (unpaired) electrons. The molecular weight excluding hydrogens is 274 g/mol. The third-order valence-corrected chi connectivity index (χ3v) is 3.96. The molecule has 0 aliphatic carbocycles. The van der Waals surface area contributed by atoms with Crippen LogP contribution in [0.3, 0.4) is 0 Å². The Bertz CT molecular complexity index is 793. The van der Waals surface area contributed by atoms with Crippen molar-refractivity contribution in [1.29, 1.82) is 0 Å². The number of fused-ring (bicyclic) bond motifs is 1. The van der Waals surface area contributed by atoms with Crippen LogP contribution in [0.25, 0.3) is 10.8 Å². The van der Waals surface area contributed by atoms with Gasteiger partial charge in [0.15, 0.2) is 0 Å². The lowest BCUT2D eigenvalue weighted by Crippen LogP contribution is -2.37. The van der Waals surface area contributed by atoms with E-state index >= 15 is 0 Å². The van der Waals surface area contributed by atoms with Crippen molar-refractivity contribution in [2.45, 2.75) is 12.0 Å². The smallest absolute Gasteiger partial charge is 0.321 e. The van der Waals surface area contributed by atoms with E-state index in [1.807, 2.05) is 72.8 Å². The molecule has 0 aromatic heterocycles. The molecule has 2 atom stereocenters. The van der Waals surface area contributed by atoms with E-state index in [-0.39, 0.29) is 5.92 Å². The molecule has 0 amide bonds. The summed E-state index contributed by atoms with van der Waals surface area (Å²) in [5, 5.41) is 11.5. The summed E-state index contributed by atoms with van der Waals surface area (Å²) in [6.45, 7) is 0. The molecule has 3 nitrogen and oxygen atoms in total. The van der Waals surface area contributed by atoms with Crippen LogP contribution in [0.2, 0.25) is 0 Å². The molecule has 0 aliphatic rings. The van der Waals surface area contributed by atoms with Crippen molar-refractivity contribution < 1.29 is 9.90 Å². The van der Waals surface area contributed by atoms with E-state index in [2.05, 4.69) is 0 Å². The van der Waals surface area contributed by atoms with Gasteiger partial charge in [-0.25, -0.2) is 0 Å². The standard InChI is InChI=1S/C19H17NO2/c20-18(19(21)22)17(14-8-2-1-3-9-14)16-12-6-10-13-7-4-5-11-15(13)16/h1-12,17-18H,20H2,(H,21,22). The van der Waals surface area contributed by atoms with E-state index in [0.29, 0.717) is 0 Å². The number of rotatable bonds is 4. The van der Waals surface area contributed by atoms with Gasteiger partial charge in [0.25, 0.3) is 0 Å². The lowest BCUT2D eigenvalue weighted by Gasteiger charge is -2.23. The largest absolute Gasteiger partial charge is 0.480 e.